The van der Waals surface area contributed by atoms with Gasteiger partial charge in [0.15, 0.2) is 0 Å². The first-order valence-corrected chi connectivity index (χ1v) is 7.70. The molecule has 0 aliphatic heterocycles. The van der Waals surface area contributed by atoms with E-state index in [1.807, 2.05) is 24.3 Å². The Bertz CT molecular complexity index is 528. The van der Waals surface area contributed by atoms with Crippen LogP contribution in [-0.4, -0.2) is 6.54 Å². The van der Waals surface area contributed by atoms with Gasteiger partial charge in [0.25, 0.3) is 0 Å². The van der Waals surface area contributed by atoms with E-state index in [-0.39, 0.29) is 12.4 Å². The maximum atomic E-state index is 5.85. The van der Waals surface area contributed by atoms with Gasteiger partial charge in [-0.1, -0.05) is 56.3 Å². The molecule has 0 amide bonds. The van der Waals surface area contributed by atoms with E-state index in [1.54, 1.807) is 0 Å². The van der Waals surface area contributed by atoms with Crippen LogP contribution >= 0.6 is 12.4 Å². The average molecular weight is 320 g/mol. The Labute approximate surface area is 140 Å². The lowest BCUT2D eigenvalue weighted by Gasteiger charge is -2.10. The van der Waals surface area contributed by atoms with Crippen LogP contribution in [0, 0.1) is 5.92 Å². The van der Waals surface area contributed by atoms with Crippen molar-refractivity contribution in [3.05, 3.63) is 65.7 Å². The zero-order valence-corrected chi connectivity index (χ0v) is 14.2. The summed E-state index contributed by atoms with van der Waals surface area (Å²) in [6.07, 6.45) is 1.21. The van der Waals surface area contributed by atoms with Crippen molar-refractivity contribution in [2.75, 3.05) is 6.54 Å². The first kappa shape index (κ1) is 18.5. The number of benzene rings is 2. The fourth-order valence-corrected chi connectivity index (χ4v) is 2.11. The first-order chi connectivity index (χ1) is 10.2. The van der Waals surface area contributed by atoms with Crippen LogP contribution in [0.5, 0.6) is 5.75 Å². The van der Waals surface area contributed by atoms with E-state index in [2.05, 4.69) is 49.5 Å². The van der Waals surface area contributed by atoms with Crippen molar-refractivity contribution in [3.63, 3.8) is 0 Å². The maximum Gasteiger partial charge on any atom is 0.120 e. The number of hydrogen-bond donors (Lipinski definition) is 1. The molecule has 0 aliphatic rings. The molecule has 22 heavy (non-hydrogen) atoms. The molecule has 0 aliphatic carbocycles. The van der Waals surface area contributed by atoms with Gasteiger partial charge in [0.1, 0.15) is 12.4 Å². The van der Waals surface area contributed by atoms with Crippen molar-refractivity contribution in [1.82, 2.24) is 5.32 Å². The van der Waals surface area contributed by atoms with Crippen molar-refractivity contribution in [3.8, 4) is 5.75 Å². The van der Waals surface area contributed by atoms with Gasteiger partial charge in [0.2, 0.25) is 0 Å². The molecule has 120 valence electrons. The fourth-order valence-electron chi connectivity index (χ4n) is 2.11. The molecule has 0 aromatic heterocycles. The monoisotopic (exact) mass is 319 g/mol. The maximum absolute atomic E-state index is 5.85. The second-order valence-electron chi connectivity index (χ2n) is 5.78. The Morgan fingerprint density at radius 2 is 1.68 bits per heavy atom. The number of nitrogens with one attached hydrogen (secondary N) is 1. The van der Waals surface area contributed by atoms with Crippen molar-refractivity contribution in [2.45, 2.75) is 33.4 Å². The zero-order chi connectivity index (χ0) is 14.9. The second-order valence-corrected chi connectivity index (χ2v) is 5.78. The van der Waals surface area contributed by atoms with Crippen molar-refractivity contribution < 1.29 is 4.74 Å². The van der Waals surface area contributed by atoms with Gasteiger partial charge in [-0.15, -0.1) is 12.4 Å². The zero-order valence-electron chi connectivity index (χ0n) is 13.4. The Morgan fingerprint density at radius 1 is 0.955 bits per heavy atom. The van der Waals surface area contributed by atoms with Crippen molar-refractivity contribution in [1.29, 1.82) is 0 Å². The van der Waals surface area contributed by atoms with Crippen LogP contribution in [0.15, 0.2) is 54.6 Å². The SMILES string of the molecule is CC(C)CCNCc1cccc(OCc2ccccc2)c1.Cl. The van der Waals surface area contributed by atoms with Crippen LogP contribution in [0.4, 0.5) is 0 Å². The smallest absolute Gasteiger partial charge is 0.120 e. The average Bonchev–Trinajstić information content (AvgIpc) is 2.51. The van der Waals surface area contributed by atoms with Gasteiger partial charge in [-0.2, -0.15) is 0 Å². The lowest BCUT2D eigenvalue weighted by atomic mass is 10.1. The van der Waals surface area contributed by atoms with Crippen LogP contribution in [0.2, 0.25) is 0 Å². The van der Waals surface area contributed by atoms with Gasteiger partial charge in [0.05, 0.1) is 0 Å². The summed E-state index contributed by atoms with van der Waals surface area (Å²) in [7, 11) is 0. The van der Waals surface area contributed by atoms with Crippen LogP contribution in [0.3, 0.4) is 0 Å². The molecule has 0 heterocycles. The number of halogens is 1. The highest BCUT2D eigenvalue weighted by molar-refractivity contribution is 5.85. The molecule has 0 saturated carbocycles. The summed E-state index contributed by atoms with van der Waals surface area (Å²) >= 11 is 0. The highest BCUT2D eigenvalue weighted by Crippen LogP contribution is 2.15. The number of rotatable bonds is 8. The molecule has 2 nitrogen and oxygen atoms in total. The van der Waals surface area contributed by atoms with Gasteiger partial charge >= 0.3 is 0 Å². The largest absolute Gasteiger partial charge is 0.489 e. The summed E-state index contributed by atoms with van der Waals surface area (Å²) in [6, 6.07) is 18.6. The lowest BCUT2D eigenvalue weighted by molar-refractivity contribution is 0.306. The highest BCUT2D eigenvalue weighted by atomic mass is 35.5. The third-order valence-corrected chi connectivity index (χ3v) is 3.37. The van der Waals surface area contributed by atoms with Gasteiger partial charge in [-0.05, 0) is 42.1 Å². The molecule has 2 rings (SSSR count). The molecule has 1 N–H and O–H groups in total. The van der Waals surface area contributed by atoms with Crippen LogP contribution < -0.4 is 10.1 Å². The minimum atomic E-state index is 0. The summed E-state index contributed by atoms with van der Waals surface area (Å²) in [5.41, 5.74) is 2.46. The standard InChI is InChI=1S/C19H25NO.ClH/c1-16(2)11-12-20-14-18-9-6-10-19(13-18)21-15-17-7-4-3-5-8-17;/h3-10,13,16,20H,11-12,14-15H2,1-2H3;1H. The quantitative estimate of drug-likeness (QED) is 0.704. The predicted molar refractivity (Wildman–Crippen MR) is 95.6 cm³/mol. The van der Waals surface area contributed by atoms with Crippen LogP contribution in [0.1, 0.15) is 31.4 Å². The van der Waals surface area contributed by atoms with Crippen LogP contribution in [0.25, 0.3) is 0 Å². The molecule has 0 atom stereocenters. The van der Waals surface area contributed by atoms with E-state index in [0.29, 0.717) is 6.61 Å². The number of hydrogen-bond acceptors (Lipinski definition) is 2. The van der Waals surface area contributed by atoms with Crippen LogP contribution in [-0.2, 0) is 13.2 Å². The van der Waals surface area contributed by atoms with E-state index in [4.69, 9.17) is 4.74 Å². The Hall–Kier alpha value is -1.51. The second kappa shape index (κ2) is 10.3. The minimum Gasteiger partial charge on any atom is -0.489 e. The third kappa shape index (κ3) is 6.97. The molecule has 0 saturated heterocycles. The molecule has 2 aromatic rings. The van der Waals surface area contributed by atoms with E-state index < -0.39 is 0 Å². The molecule has 3 heteroatoms. The summed E-state index contributed by atoms with van der Waals surface area (Å²) < 4.78 is 5.85. The van der Waals surface area contributed by atoms with Gasteiger partial charge in [-0.3, -0.25) is 0 Å². The Morgan fingerprint density at radius 3 is 2.41 bits per heavy atom. The topological polar surface area (TPSA) is 21.3 Å². The molecular weight excluding hydrogens is 294 g/mol. The molecule has 0 spiro atoms. The summed E-state index contributed by atoms with van der Waals surface area (Å²) in [5, 5.41) is 3.48. The molecule has 0 bridgehead atoms. The van der Waals surface area contributed by atoms with Crippen molar-refractivity contribution in [2.24, 2.45) is 5.92 Å². The first-order valence-electron chi connectivity index (χ1n) is 7.70. The van der Waals surface area contributed by atoms with Crippen molar-refractivity contribution >= 4 is 12.4 Å². The molecule has 0 unspecified atom stereocenters. The minimum absolute atomic E-state index is 0. The Balaban J connectivity index is 0.00000242. The molecule has 0 fully saturated rings. The van der Waals surface area contributed by atoms with Gasteiger partial charge in [-0.25, -0.2) is 0 Å². The van der Waals surface area contributed by atoms with E-state index in [1.165, 1.54) is 17.5 Å². The molecule has 2 aromatic carbocycles. The summed E-state index contributed by atoms with van der Waals surface area (Å²) in [6.45, 7) is 7.08. The molecular formula is C19H26ClNO. The van der Waals surface area contributed by atoms with E-state index in [0.717, 1.165) is 24.8 Å². The number of ether oxygens (including phenoxy) is 1. The van der Waals surface area contributed by atoms with Gasteiger partial charge in [0, 0.05) is 6.54 Å². The predicted octanol–water partition coefficient (Wildman–Crippen LogP) is 4.82. The Kier molecular flexibility index (Phi) is 8.64. The third-order valence-electron chi connectivity index (χ3n) is 3.37. The highest BCUT2D eigenvalue weighted by Gasteiger charge is 1.99. The molecule has 0 radical (unpaired) electrons. The fraction of sp³-hybridized carbons (Fsp3) is 0.368. The summed E-state index contributed by atoms with van der Waals surface area (Å²) in [5.74, 6) is 1.68. The summed E-state index contributed by atoms with van der Waals surface area (Å²) in [4.78, 5) is 0. The van der Waals surface area contributed by atoms with Gasteiger partial charge < -0.3 is 10.1 Å². The van der Waals surface area contributed by atoms with E-state index >= 15 is 0 Å². The normalized spacial score (nSPS) is 10.3. The lowest BCUT2D eigenvalue weighted by Crippen LogP contribution is -2.16. The van der Waals surface area contributed by atoms with E-state index in [9.17, 15) is 0 Å².